The molecule has 3 atom stereocenters. The first-order valence-electron chi connectivity index (χ1n) is 7.21. The molecule has 0 heteroatoms. The highest BCUT2D eigenvalue weighted by molar-refractivity contribution is 5.40. The molecular formula is C18H28. The zero-order valence-corrected chi connectivity index (χ0v) is 12.5. The number of hydrogen-bond donors (Lipinski definition) is 0. The second kappa shape index (κ2) is 6.22. The third-order valence-corrected chi connectivity index (χ3v) is 4.48. The van der Waals surface area contributed by atoms with Gasteiger partial charge in [0.2, 0.25) is 0 Å². The van der Waals surface area contributed by atoms with Gasteiger partial charge in [0.15, 0.2) is 0 Å². The first-order chi connectivity index (χ1) is 8.51. The topological polar surface area (TPSA) is 0 Å². The van der Waals surface area contributed by atoms with E-state index in [1.807, 2.05) is 0 Å². The van der Waals surface area contributed by atoms with Gasteiger partial charge in [-0.15, -0.1) is 6.58 Å². The van der Waals surface area contributed by atoms with Crippen LogP contribution in [0.25, 0.3) is 0 Å². The minimum absolute atomic E-state index is 0.0313. The average Bonchev–Trinajstić information content (AvgIpc) is 2.38. The smallest absolute Gasteiger partial charge is 0.0275 e. The number of hydrogen-bond acceptors (Lipinski definition) is 0. The lowest BCUT2D eigenvalue weighted by Gasteiger charge is -2.44. The second-order valence-corrected chi connectivity index (χ2v) is 5.63. The Morgan fingerprint density at radius 1 is 1.39 bits per heavy atom. The Hall–Kier alpha value is -1.04. The normalized spacial score (nSPS) is 35.3. The van der Waals surface area contributed by atoms with Crippen LogP contribution in [0.15, 0.2) is 48.6 Å². The van der Waals surface area contributed by atoms with Crippen LogP contribution in [0.4, 0.5) is 0 Å². The van der Waals surface area contributed by atoms with Crippen LogP contribution >= 0.6 is 0 Å². The molecule has 18 heavy (non-hydrogen) atoms. The van der Waals surface area contributed by atoms with Crippen LogP contribution in [0.2, 0.25) is 0 Å². The number of rotatable bonds is 4. The van der Waals surface area contributed by atoms with Gasteiger partial charge < -0.3 is 0 Å². The predicted molar refractivity (Wildman–Crippen MR) is 82.5 cm³/mol. The summed E-state index contributed by atoms with van der Waals surface area (Å²) in [7, 11) is 0. The molecule has 0 aliphatic heterocycles. The standard InChI is InChI=1S/C18H28/c1-7-10-11-12-17-14(4)13-16(8-2)15(5)18(17,6)9-3/h9-12,14,16H,3,5,7-8,13H2,1-2,4,6H3/b11-10-,17-12+. The van der Waals surface area contributed by atoms with Crippen LogP contribution in [0.5, 0.6) is 0 Å². The van der Waals surface area contributed by atoms with Gasteiger partial charge in [-0.05, 0) is 38.0 Å². The third kappa shape index (κ3) is 2.68. The van der Waals surface area contributed by atoms with E-state index in [1.165, 1.54) is 24.0 Å². The van der Waals surface area contributed by atoms with Gasteiger partial charge in [0.1, 0.15) is 0 Å². The van der Waals surface area contributed by atoms with E-state index in [9.17, 15) is 0 Å². The molecule has 1 fully saturated rings. The van der Waals surface area contributed by atoms with Crippen LogP contribution in [0.3, 0.4) is 0 Å². The largest absolute Gasteiger partial charge is 0.102 e. The summed E-state index contributed by atoms with van der Waals surface area (Å²) in [4.78, 5) is 0. The Kier molecular flexibility index (Phi) is 5.19. The van der Waals surface area contributed by atoms with Gasteiger partial charge in [-0.1, -0.05) is 62.8 Å². The third-order valence-electron chi connectivity index (χ3n) is 4.48. The first-order valence-corrected chi connectivity index (χ1v) is 7.21. The molecule has 0 radical (unpaired) electrons. The van der Waals surface area contributed by atoms with Crippen LogP contribution in [0, 0.1) is 17.3 Å². The monoisotopic (exact) mass is 244 g/mol. The fourth-order valence-electron chi connectivity index (χ4n) is 3.12. The van der Waals surface area contributed by atoms with Crippen molar-refractivity contribution in [1.82, 2.24) is 0 Å². The van der Waals surface area contributed by atoms with Gasteiger partial charge in [-0.3, -0.25) is 0 Å². The summed E-state index contributed by atoms with van der Waals surface area (Å²) < 4.78 is 0. The highest BCUT2D eigenvalue weighted by Crippen LogP contribution is 2.51. The lowest BCUT2D eigenvalue weighted by Crippen LogP contribution is -2.33. The maximum atomic E-state index is 4.37. The molecule has 3 unspecified atom stereocenters. The van der Waals surface area contributed by atoms with Crippen molar-refractivity contribution in [2.45, 2.75) is 47.0 Å². The molecular weight excluding hydrogens is 216 g/mol. The minimum atomic E-state index is -0.0313. The summed E-state index contributed by atoms with van der Waals surface area (Å²) >= 11 is 0. The SMILES string of the molecule is C=CC1(C)C(=C)C(CC)CC(C)/C1=C\C=C/CC. The fraction of sp³-hybridized carbons (Fsp3) is 0.556. The van der Waals surface area contributed by atoms with E-state index in [0.29, 0.717) is 11.8 Å². The molecule has 100 valence electrons. The van der Waals surface area contributed by atoms with Gasteiger partial charge in [-0.25, -0.2) is 0 Å². The van der Waals surface area contributed by atoms with E-state index in [4.69, 9.17) is 0 Å². The van der Waals surface area contributed by atoms with Crippen molar-refractivity contribution in [1.29, 1.82) is 0 Å². The molecule has 0 aromatic carbocycles. The first kappa shape index (κ1) is 15.0. The highest BCUT2D eigenvalue weighted by Gasteiger charge is 2.39. The molecule has 1 saturated carbocycles. The molecule has 0 bridgehead atoms. The van der Waals surface area contributed by atoms with Gasteiger partial charge in [0, 0.05) is 5.41 Å². The molecule has 1 aliphatic rings. The van der Waals surface area contributed by atoms with E-state index in [2.05, 4.69) is 65.2 Å². The molecule has 0 saturated heterocycles. The maximum absolute atomic E-state index is 4.37. The highest BCUT2D eigenvalue weighted by atomic mass is 14.4. The van der Waals surface area contributed by atoms with Crippen molar-refractivity contribution in [3.8, 4) is 0 Å². The average molecular weight is 244 g/mol. The summed E-state index contributed by atoms with van der Waals surface area (Å²) in [5.41, 5.74) is 2.78. The molecule has 0 spiro atoms. The molecule has 0 aromatic heterocycles. The Labute approximate surface area is 113 Å². The van der Waals surface area contributed by atoms with Crippen molar-refractivity contribution in [3.63, 3.8) is 0 Å². The van der Waals surface area contributed by atoms with E-state index < -0.39 is 0 Å². The van der Waals surface area contributed by atoms with Crippen LogP contribution in [0.1, 0.15) is 47.0 Å². The van der Waals surface area contributed by atoms with E-state index in [-0.39, 0.29) is 5.41 Å². The lowest BCUT2D eigenvalue weighted by molar-refractivity contribution is 0.327. The molecule has 0 heterocycles. The van der Waals surface area contributed by atoms with E-state index in [0.717, 1.165) is 6.42 Å². The van der Waals surface area contributed by atoms with Crippen molar-refractivity contribution in [2.75, 3.05) is 0 Å². The van der Waals surface area contributed by atoms with Gasteiger partial charge in [-0.2, -0.15) is 0 Å². The Balaban J connectivity index is 3.15. The van der Waals surface area contributed by atoms with Crippen LogP contribution in [-0.4, -0.2) is 0 Å². The lowest BCUT2D eigenvalue weighted by atomic mass is 9.60. The quantitative estimate of drug-likeness (QED) is 0.557. The minimum Gasteiger partial charge on any atom is -0.102 e. The van der Waals surface area contributed by atoms with Crippen molar-refractivity contribution in [3.05, 3.63) is 48.6 Å². The van der Waals surface area contributed by atoms with E-state index in [1.54, 1.807) is 0 Å². The van der Waals surface area contributed by atoms with Crippen molar-refractivity contribution >= 4 is 0 Å². The fourth-order valence-corrected chi connectivity index (χ4v) is 3.12. The molecule has 1 aliphatic carbocycles. The Morgan fingerprint density at radius 2 is 2.06 bits per heavy atom. The number of allylic oxidation sites excluding steroid dienone is 6. The molecule has 0 amide bonds. The predicted octanol–water partition coefficient (Wildman–Crippen LogP) is 5.69. The summed E-state index contributed by atoms with van der Waals surface area (Å²) in [5, 5.41) is 0. The maximum Gasteiger partial charge on any atom is 0.0275 e. The molecule has 0 aromatic rings. The van der Waals surface area contributed by atoms with Gasteiger partial charge >= 0.3 is 0 Å². The summed E-state index contributed by atoms with van der Waals surface area (Å²) in [6, 6.07) is 0. The molecule has 1 rings (SSSR count). The van der Waals surface area contributed by atoms with Crippen molar-refractivity contribution in [2.24, 2.45) is 17.3 Å². The Bertz CT molecular complexity index is 369. The Morgan fingerprint density at radius 3 is 2.56 bits per heavy atom. The van der Waals surface area contributed by atoms with Crippen LogP contribution in [-0.2, 0) is 0 Å². The van der Waals surface area contributed by atoms with E-state index >= 15 is 0 Å². The van der Waals surface area contributed by atoms with Crippen molar-refractivity contribution < 1.29 is 0 Å². The summed E-state index contributed by atoms with van der Waals surface area (Å²) in [6.07, 6.45) is 12.3. The second-order valence-electron chi connectivity index (χ2n) is 5.63. The van der Waals surface area contributed by atoms with Gasteiger partial charge in [0.25, 0.3) is 0 Å². The molecule has 0 N–H and O–H groups in total. The zero-order chi connectivity index (χ0) is 13.8. The van der Waals surface area contributed by atoms with Crippen LogP contribution < -0.4 is 0 Å². The zero-order valence-electron chi connectivity index (χ0n) is 12.5. The van der Waals surface area contributed by atoms with Gasteiger partial charge in [0.05, 0.1) is 0 Å². The summed E-state index contributed by atoms with van der Waals surface area (Å²) in [6.45, 7) is 17.5. The summed E-state index contributed by atoms with van der Waals surface area (Å²) in [5.74, 6) is 1.25. The molecule has 0 nitrogen and oxygen atoms in total.